The second-order valence-corrected chi connectivity index (χ2v) is 7.05. The van der Waals surface area contributed by atoms with Crippen LogP contribution < -0.4 is 9.80 Å². The Morgan fingerprint density at radius 3 is 2.93 bits per heavy atom. The summed E-state index contributed by atoms with van der Waals surface area (Å²) in [6.07, 6.45) is 4.73. The van der Waals surface area contributed by atoms with Crippen LogP contribution in [0.2, 0.25) is 0 Å². The molecule has 1 fully saturated rings. The topological polar surface area (TPSA) is 65.9 Å². The molecule has 0 aliphatic carbocycles. The number of aliphatic hydroxyl groups is 1. The number of piperidine rings is 1. The Kier molecular flexibility index (Phi) is 5.36. The average molecular weight is 367 g/mol. The SMILES string of the molecule is O=C(c1ccc(N2CCCC(OCCO)C2)nc1)N1CCc2ccccc21. The number of rotatable bonds is 5. The number of carbonyl (C=O) groups excluding carboxylic acids is 1. The van der Waals surface area contributed by atoms with Gasteiger partial charge >= 0.3 is 0 Å². The van der Waals surface area contributed by atoms with Gasteiger partial charge in [-0.3, -0.25) is 4.79 Å². The van der Waals surface area contributed by atoms with Gasteiger partial charge in [-0.05, 0) is 43.0 Å². The van der Waals surface area contributed by atoms with Gasteiger partial charge in [-0.15, -0.1) is 0 Å². The van der Waals surface area contributed by atoms with Crippen molar-refractivity contribution in [2.45, 2.75) is 25.4 Å². The second kappa shape index (κ2) is 8.06. The molecule has 6 heteroatoms. The molecular weight excluding hydrogens is 342 g/mol. The van der Waals surface area contributed by atoms with Crippen LogP contribution in [0, 0.1) is 0 Å². The van der Waals surface area contributed by atoms with E-state index in [1.54, 1.807) is 6.20 Å². The van der Waals surface area contributed by atoms with Crippen LogP contribution in [0.3, 0.4) is 0 Å². The molecule has 1 aromatic carbocycles. The molecule has 1 amide bonds. The van der Waals surface area contributed by atoms with Gasteiger partial charge in [0.1, 0.15) is 5.82 Å². The monoisotopic (exact) mass is 367 g/mol. The molecule has 0 radical (unpaired) electrons. The van der Waals surface area contributed by atoms with E-state index in [-0.39, 0.29) is 18.6 Å². The van der Waals surface area contributed by atoms with Crippen molar-refractivity contribution >= 4 is 17.4 Å². The van der Waals surface area contributed by atoms with E-state index in [4.69, 9.17) is 9.84 Å². The fraction of sp³-hybridized carbons (Fsp3) is 0.429. The van der Waals surface area contributed by atoms with Gasteiger partial charge in [-0.1, -0.05) is 18.2 Å². The van der Waals surface area contributed by atoms with Crippen molar-refractivity contribution in [1.29, 1.82) is 0 Å². The Bertz CT molecular complexity index is 794. The van der Waals surface area contributed by atoms with E-state index in [0.29, 0.717) is 12.2 Å². The van der Waals surface area contributed by atoms with Gasteiger partial charge in [0, 0.05) is 31.5 Å². The predicted octanol–water partition coefficient (Wildman–Crippen LogP) is 2.26. The Morgan fingerprint density at radius 1 is 1.22 bits per heavy atom. The minimum Gasteiger partial charge on any atom is -0.394 e. The quantitative estimate of drug-likeness (QED) is 0.878. The molecule has 1 unspecified atom stereocenters. The summed E-state index contributed by atoms with van der Waals surface area (Å²) in [5, 5.41) is 8.93. The maximum Gasteiger partial charge on any atom is 0.259 e. The lowest BCUT2D eigenvalue weighted by Crippen LogP contribution is -2.40. The van der Waals surface area contributed by atoms with Crippen LogP contribution in [0.4, 0.5) is 11.5 Å². The lowest BCUT2D eigenvalue weighted by Gasteiger charge is -2.33. The van der Waals surface area contributed by atoms with Gasteiger partial charge in [0.2, 0.25) is 0 Å². The molecule has 3 heterocycles. The van der Waals surface area contributed by atoms with Gasteiger partial charge < -0.3 is 19.6 Å². The molecule has 0 bridgehead atoms. The molecule has 2 aliphatic rings. The number of aliphatic hydroxyl groups excluding tert-OH is 1. The summed E-state index contributed by atoms with van der Waals surface area (Å²) in [6.45, 7) is 2.83. The molecule has 6 nitrogen and oxygen atoms in total. The number of pyridine rings is 1. The number of hydrogen-bond donors (Lipinski definition) is 1. The molecule has 4 rings (SSSR count). The minimum atomic E-state index is 0.00167. The number of para-hydroxylation sites is 1. The fourth-order valence-electron chi connectivity index (χ4n) is 3.91. The number of amides is 1. The first kappa shape index (κ1) is 17.9. The van der Waals surface area contributed by atoms with Crippen LogP contribution in [0.5, 0.6) is 0 Å². The molecule has 0 saturated carbocycles. The zero-order valence-electron chi connectivity index (χ0n) is 15.4. The lowest BCUT2D eigenvalue weighted by atomic mass is 10.1. The highest BCUT2D eigenvalue weighted by Gasteiger charge is 2.26. The van der Waals surface area contributed by atoms with Crippen molar-refractivity contribution in [3.63, 3.8) is 0 Å². The Labute approximate surface area is 159 Å². The van der Waals surface area contributed by atoms with E-state index in [1.807, 2.05) is 35.2 Å². The Balaban J connectivity index is 1.44. The molecule has 2 aliphatic heterocycles. The van der Waals surface area contributed by atoms with Crippen LogP contribution in [0.25, 0.3) is 0 Å². The molecule has 0 spiro atoms. The van der Waals surface area contributed by atoms with Crippen molar-refractivity contribution in [2.24, 2.45) is 0 Å². The van der Waals surface area contributed by atoms with Crippen molar-refractivity contribution in [2.75, 3.05) is 42.6 Å². The van der Waals surface area contributed by atoms with Crippen molar-refractivity contribution < 1.29 is 14.6 Å². The van der Waals surface area contributed by atoms with E-state index in [2.05, 4.69) is 16.0 Å². The molecular formula is C21H25N3O3. The second-order valence-electron chi connectivity index (χ2n) is 7.05. The van der Waals surface area contributed by atoms with E-state index in [1.165, 1.54) is 5.56 Å². The third-order valence-corrected chi connectivity index (χ3v) is 5.27. The number of anilines is 2. The third-order valence-electron chi connectivity index (χ3n) is 5.27. The number of aromatic nitrogens is 1. The van der Waals surface area contributed by atoms with Crippen molar-refractivity contribution in [3.8, 4) is 0 Å². The number of ether oxygens (including phenoxy) is 1. The van der Waals surface area contributed by atoms with Crippen LogP contribution >= 0.6 is 0 Å². The van der Waals surface area contributed by atoms with Gasteiger partial charge in [0.25, 0.3) is 5.91 Å². The summed E-state index contributed by atoms with van der Waals surface area (Å²) in [5.74, 6) is 0.868. The molecule has 1 aromatic heterocycles. The molecule has 2 aromatic rings. The van der Waals surface area contributed by atoms with Crippen LogP contribution in [0.1, 0.15) is 28.8 Å². The zero-order chi connectivity index (χ0) is 18.6. The van der Waals surface area contributed by atoms with Crippen molar-refractivity contribution in [1.82, 2.24) is 4.98 Å². The van der Waals surface area contributed by atoms with E-state index < -0.39 is 0 Å². The Hall–Kier alpha value is -2.44. The molecule has 142 valence electrons. The summed E-state index contributed by atoms with van der Waals surface area (Å²) in [4.78, 5) is 21.5. The summed E-state index contributed by atoms with van der Waals surface area (Å²) in [7, 11) is 0. The highest BCUT2D eigenvalue weighted by Crippen LogP contribution is 2.29. The largest absolute Gasteiger partial charge is 0.394 e. The lowest BCUT2D eigenvalue weighted by molar-refractivity contribution is 0.0213. The standard InChI is InChI=1S/C21H25N3O3/c25-12-13-27-18-5-3-10-23(15-18)20-8-7-17(14-22-20)21(26)24-11-9-16-4-1-2-6-19(16)24/h1-2,4,6-8,14,18,25H,3,5,9-13,15H2. The first-order valence-electron chi connectivity index (χ1n) is 9.59. The normalized spacial score (nSPS) is 19.2. The molecule has 1 atom stereocenters. The maximum atomic E-state index is 12.9. The summed E-state index contributed by atoms with van der Waals surface area (Å²) in [6, 6.07) is 11.8. The molecule has 1 N–H and O–H groups in total. The van der Waals surface area contributed by atoms with E-state index >= 15 is 0 Å². The molecule has 1 saturated heterocycles. The van der Waals surface area contributed by atoms with Crippen LogP contribution in [-0.2, 0) is 11.2 Å². The first-order valence-corrected chi connectivity index (χ1v) is 9.59. The number of benzene rings is 1. The van der Waals surface area contributed by atoms with Gasteiger partial charge in [-0.25, -0.2) is 4.98 Å². The molecule has 27 heavy (non-hydrogen) atoms. The van der Waals surface area contributed by atoms with E-state index in [0.717, 1.165) is 50.4 Å². The summed E-state index contributed by atoms with van der Waals surface area (Å²) >= 11 is 0. The minimum absolute atomic E-state index is 0.00167. The van der Waals surface area contributed by atoms with Crippen molar-refractivity contribution in [3.05, 3.63) is 53.7 Å². The number of hydrogen-bond acceptors (Lipinski definition) is 5. The fourth-order valence-corrected chi connectivity index (χ4v) is 3.91. The predicted molar refractivity (Wildman–Crippen MR) is 104 cm³/mol. The number of nitrogens with zero attached hydrogens (tertiary/aromatic N) is 3. The van der Waals surface area contributed by atoms with Gasteiger partial charge in [-0.2, -0.15) is 0 Å². The van der Waals surface area contributed by atoms with Crippen LogP contribution in [-0.4, -0.2) is 54.9 Å². The highest BCUT2D eigenvalue weighted by atomic mass is 16.5. The maximum absolute atomic E-state index is 12.9. The number of carbonyl (C=O) groups is 1. The van der Waals surface area contributed by atoms with Crippen LogP contribution in [0.15, 0.2) is 42.6 Å². The third kappa shape index (κ3) is 3.82. The van der Waals surface area contributed by atoms with Gasteiger partial charge in [0.05, 0.1) is 24.9 Å². The zero-order valence-corrected chi connectivity index (χ0v) is 15.4. The summed E-state index contributed by atoms with van der Waals surface area (Å²) < 4.78 is 5.67. The Morgan fingerprint density at radius 2 is 2.11 bits per heavy atom. The van der Waals surface area contributed by atoms with E-state index in [9.17, 15) is 4.79 Å². The van der Waals surface area contributed by atoms with Gasteiger partial charge in [0.15, 0.2) is 0 Å². The average Bonchev–Trinajstić information content (AvgIpc) is 3.16. The first-order chi connectivity index (χ1) is 13.3. The summed E-state index contributed by atoms with van der Waals surface area (Å²) in [5.41, 5.74) is 2.84. The number of fused-ring (bicyclic) bond motifs is 1. The highest BCUT2D eigenvalue weighted by molar-refractivity contribution is 6.07. The smallest absolute Gasteiger partial charge is 0.259 e.